The molecule has 4 nitrogen and oxygen atoms in total. The predicted molar refractivity (Wildman–Crippen MR) is 88.4 cm³/mol. The van der Waals surface area contributed by atoms with Crippen molar-refractivity contribution >= 4 is 39.8 Å². The zero-order valence-corrected chi connectivity index (χ0v) is 14.1. The molecule has 2 aromatic heterocycles. The molecule has 23 heavy (non-hydrogen) atoms. The highest BCUT2D eigenvalue weighted by Crippen LogP contribution is 2.35. The molecule has 1 aliphatic carbocycles. The Morgan fingerprint density at radius 2 is 2.09 bits per heavy atom. The van der Waals surface area contributed by atoms with Crippen molar-refractivity contribution in [2.75, 3.05) is 11.9 Å². The molecule has 0 bridgehead atoms. The second-order valence-electron chi connectivity index (χ2n) is 5.76. The van der Waals surface area contributed by atoms with Crippen molar-refractivity contribution in [1.29, 1.82) is 0 Å². The Bertz CT molecular complexity index is 676. The molecule has 2 aromatic rings. The number of thiophene rings is 1. The van der Waals surface area contributed by atoms with Crippen molar-refractivity contribution in [3.63, 3.8) is 0 Å². The molecule has 1 aliphatic rings. The van der Waals surface area contributed by atoms with Gasteiger partial charge in [-0.15, -0.1) is 23.7 Å². The number of anilines is 1. The van der Waals surface area contributed by atoms with Crippen LogP contribution in [0.15, 0.2) is 12.4 Å². The summed E-state index contributed by atoms with van der Waals surface area (Å²) in [4.78, 5) is 11.3. The summed E-state index contributed by atoms with van der Waals surface area (Å²) in [7, 11) is 1.92. The zero-order chi connectivity index (χ0) is 15.9. The summed E-state index contributed by atoms with van der Waals surface area (Å²) in [6.45, 7) is 0. The largest absolute Gasteiger partial charge is 0.393 e. The lowest BCUT2D eigenvalue weighted by molar-refractivity contribution is -0.126. The lowest BCUT2D eigenvalue weighted by atomic mass is 10.2. The molecule has 3 rings (SSSR count). The summed E-state index contributed by atoms with van der Waals surface area (Å²) in [6.07, 6.45) is -0.905. The third-order valence-electron chi connectivity index (χ3n) is 4.06. The molecule has 9 heteroatoms. The van der Waals surface area contributed by atoms with Gasteiger partial charge in [-0.05, 0) is 25.3 Å². The van der Waals surface area contributed by atoms with Crippen LogP contribution < -0.4 is 10.6 Å². The van der Waals surface area contributed by atoms with Gasteiger partial charge in [0.2, 0.25) is 0 Å². The SMILES string of the molecule is CN(c1ncnc2sc(CC(F)(F)F)cc12)C1CCC(N)C1.Cl. The molecule has 2 atom stereocenters. The van der Waals surface area contributed by atoms with E-state index < -0.39 is 12.6 Å². The molecule has 128 valence electrons. The number of nitrogens with zero attached hydrogens (tertiary/aromatic N) is 3. The Morgan fingerprint density at radius 1 is 1.35 bits per heavy atom. The molecule has 0 aromatic carbocycles. The number of hydrogen-bond donors (Lipinski definition) is 1. The number of alkyl halides is 3. The normalized spacial score (nSPS) is 21.4. The quantitative estimate of drug-likeness (QED) is 0.902. The van der Waals surface area contributed by atoms with Crippen LogP contribution in [-0.4, -0.2) is 35.3 Å². The predicted octanol–water partition coefficient (Wildman–Crippen LogP) is 3.53. The van der Waals surface area contributed by atoms with E-state index in [1.165, 1.54) is 6.33 Å². The van der Waals surface area contributed by atoms with Crippen molar-refractivity contribution in [3.05, 3.63) is 17.3 Å². The standard InChI is InChI=1S/C14H17F3N4S.ClH/c1-21(9-3-2-8(18)4-9)12-11-5-10(6-14(15,16)17)22-13(11)20-7-19-12;/h5,7-9H,2-4,6,18H2,1H3;1H. The van der Waals surface area contributed by atoms with Gasteiger partial charge in [0.25, 0.3) is 0 Å². The van der Waals surface area contributed by atoms with Crippen LogP contribution in [0, 0.1) is 0 Å². The summed E-state index contributed by atoms with van der Waals surface area (Å²) in [6, 6.07) is 2.03. The van der Waals surface area contributed by atoms with E-state index in [0.29, 0.717) is 16.0 Å². The Kier molecular flexibility index (Phi) is 5.37. The smallest absolute Gasteiger partial charge is 0.356 e. The summed E-state index contributed by atoms with van der Waals surface area (Å²) in [5.74, 6) is 0.689. The van der Waals surface area contributed by atoms with E-state index in [1.54, 1.807) is 6.07 Å². The Balaban J connectivity index is 0.00000192. The molecule has 1 saturated carbocycles. The molecule has 2 unspecified atom stereocenters. The van der Waals surface area contributed by atoms with E-state index in [2.05, 4.69) is 9.97 Å². The molecule has 0 amide bonds. The van der Waals surface area contributed by atoms with Crippen LogP contribution in [0.2, 0.25) is 0 Å². The second-order valence-corrected chi connectivity index (χ2v) is 6.87. The van der Waals surface area contributed by atoms with Gasteiger partial charge in [-0.2, -0.15) is 13.2 Å². The van der Waals surface area contributed by atoms with Gasteiger partial charge in [-0.1, -0.05) is 0 Å². The van der Waals surface area contributed by atoms with E-state index >= 15 is 0 Å². The van der Waals surface area contributed by atoms with Crippen LogP contribution in [0.25, 0.3) is 10.2 Å². The van der Waals surface area contributed by atoms with Crippen LogP contribution in [0.3, 0.4) is 0 Å². The highest BCUT2D eigenvalue weighted by molar-refractivity contribution is 7.18. The molecule has 0 spiro atoms. The van der Waals surface area contributed by atoms with Crippen LogP contribution in [0.1, 0.15) is 24.1 Å². The summed E-state index contributed by atoms with van der Waals surface area (Å²) in [5, 5.41) is 0.690. The minimum Gasteiger partial charge on any atom is -0.356 e. The maximum absolute atomic E-state index is 12.6. The van der Waals surface area contributed by atoms with Gasteiger partial charge in [0, 0.05) is 24.0 Å². The highest BCUT2D eigenvalue weighted by atomic mass is 35.5. The van der Waals surface area contributed by atoms with Gasteiger partial charge in [-0.3, -0.25) is 0 Å². The fourth-order valence-corrected chi connectivity index (χ4v) is 4.00. The maximum Gasteiger partial charge on any atom is 0.393 e. The van der Waals surface area contributed by atoms with Gasteiger partial charge in [0.15, 0.2) is 0 Å². The molecule has 0 radical (unpaired) electrons. The second kappa shape index (κ2) is 6.78. The molecule has 2 N–H and O–H groups in total. The summed E-state index contributed by atoms with van der Waals surface area (Å²) in [5.41, 5.74) is 5.94. The van der Waals surface area contributed by atoms with Gasteiger partial charge >= 0.3 is 6.18 Å². The molecule has 2 heterocycles. The average Bonchev–Trinajstić information content (AvgIpc) is 3.00. The van der Waals surface area contributed by atoms with Gasteiger partial charge in [0.05, 0.1) is 11.8 Å². The van der Waals surface area contributed by atoms with Crippen molar-refractivity contribution < 1.29 is 13.2 Å². The lowest BCUT2D eigenvalue weighted by Gasteiger charge is -2.25. The van der Waals surface area contributed by atoms with Crippen LogP contribution in [0.4, 0.5) is 19.0 Å². The number of hydrogen-bond acceptors (Lipinski definition) is 5. The molecule has 0 saturated heterocycles. The Morgan fingerprint density at radius 3 is 2.70 bits per heavy atom. The minimum absolute atomic E-state index is 0. The first-order chi connectivity index (χ1) is 10.3. The van der Waals surface area contributed by atoms with Gasteiger partial charge in [0.1, 0.15) is 17.0 Å². The number of halogens is 4. The van der Waals surface area contributed by atoms with Crippen LogP contribution in [0.5, 0.6) is 0 Å². The third kappa shape index (κ3) is 4.05. The van der Waals surface area contributed by atoms with Crippen molar-refractivity contribution in [3.8, 4) is 0 Å². The summed E-state index contributed by atoms with van der Waals surface area (Å²) >= 11 is 1.08. The van der Waals surface area contributed by atoms with Crippen LogP contribution >= 0.6 is 23.7 Å². The van der Waals surface area contributed by atoms with Crippen molar-refractivity contribution in [1.82, 2.24) is 9.97 Å². The number of fused-ring (bicyclic) bond motifs is 1. The third-order valence-corrected chi connectivity index (χ3v) is 5.10. The Labute approximate surface area is 142 Å². The number of nitrogens with two attached hydrogens (primary N) is 1. The number of rotatable bonds is 3. The Hall–Kier alpha value is -1.12. The maximum atomic E-state index is 12.6. The van der Waals surface area contributed by atoms with Crippen LogP contribution in [-0.2, 0) is 6.42 Å². The molecular weight excluding hydrogens is 349 g/mol. The monoisotopic (exact) mass is 366 g/mol. The van der Waals surface area contributed by atoms with E-state index in [4.69, 9.17) is 5.73 Å². The lowest BCUT2D eigenvalue weighted by Crippen LogP contribution is -2.31. The molecular formula is C14H18ClF3N4S. The minimum atomic E-state index is -4.21. The van der Waals surface area contributed by atoms with Gasteiger partial charge < -0.3 is 10.6 Å². The first-order valence-corrected chi connectivity index (χ1v) is 7.94. The fourth-order valence-electron chi connectivity index (χ4n) is 2.98. The van der Waals surface area contributed by atoms with E-state index in [-0.39, 0.29) is 29.4 Å². The van der Waals surface area contributed by atoms with E-state index in [0.717, 1.165) is 30.6 Å². The first kappa shape index (κ1) is 18.2. The first-order valence-electron chi connectivity index (χ1n) is 7.12. The fraction of sp³-hybridized carbons (Fsp3) is 0.571. The highest BCUT2D eigenvalue weighted by Gasteiger charge is 2.30. The van der Waals surface area contributed by atoms with E-state index in [9.17, 15) is 13.2 Å². The van der Waals surface area contributed by atoms with Gasteiger partial charge in [-0.25, -0.2) is 9.97 Å². The molecule has 0 aliphatic heterocycles. The summed E-state index contributed by atoms with van der Waals surface area (Å²) < 4.78 is 37.7. The van der Waals surface area contributed by atoms with E-state index in [1.807, 2.05) is 11.9 Å². The number of aromatic nitrogens is 2. The average molecular weight is 367 g/mol. The van der Waals surface area contributed by atoms with Crippen molar-refractivity contribution in [2.45, 2.75) is 43.9 Å². The molecule has 1 fully saturated rings. The topological polar surface area (TPSA) is 55.0 Å². The zero-order valence-electron chi connectivity index (χ0n) is 12.5. The van der Waals surface area contributed by atoms with Crippen molar-refractivity contribution in [2.24, 2.45) is 5.73 Å².